The van der Waals surface area contributed by atoms with Gasteiger partial charge in [0.1, 0.15) is 11.9 Å². The zero-order valence-electron chi connectivity index (χ0n) is 20.8. The van der Waals surface area contributed by atoms with Crippen LogP contribution in [0.5, 0.6) is 5.88 Å². The van der Waals surface area contributed by atoms with Gasteiger partial charge in [0, 0.05) is 48.5 Å². The maximum absolute atomic E-state index is 12.9. The summed E-state index contributed by atoms with van der Waals surface area (Å²) in [6, 6.07) is 13.9. The van der Waals surface area contributed by atoms with Gasteiger partial charge >= 0.3 is 0 Å². The quantitative estimate of drug-likeness (QED) is 0.561. The fourth-order valence-electron chi connectivity index (χ4n) is 5.51. The number of hydrogen-bond donors (Lipinski definition) is 1. The molecule has 2 saturated carbocycles. The molecule has 0 unspecified atom stereocenters. The second-order valence-electron chi connectivity index (χ2n) is 10.8. The first-order chi connectivity index (χ1) is 17.4. The molecule has 1 saturated heterocycles. The number of nitriles is 1. The van der Waals surface area contributed by atoms with Crippen molar-refractivity contribution < 1.29 is 9.90 Å². The first-order valence-corrected chi connectivity index (χ1v) is 13.0. The average Bonchev–Trinajstić information content (AvgIpc) is 3.80. The molecule has 0 radical (unpaired) electrons. The van der Waals surface area contributed by atoms with E-state index in [-0.39, 0.29) is 17.8 Å². The summed E-state index contributed by atoms with van der Waals surface area (Å²) in [5, 5.41) is 21.0. The third-order valence-corrected chi connectivity index (χ3v) is 7.82. The number of anilines is 1. The van der Waals surface area contributed by atoms with E-state index in [1.807, 2.05) is 30.3 Å². The van der Waals surface area contributed by atoms with Gasteiger partial charge in [-0.05, 0) is 55.4 Å². The molecule has 0 bridgehead atoms. The number of nitrogens with zero attached hydrogens (tertiary/aromatic N) is 5. The van der Waals surface area contributed by atoms with Crippen LogP contribution in [0.3, 0.4) is 0 Å². The number of rotatable bonds is 5. The standard InChI is InChI=1S/C29H31N5O2/c1-17(2)25-16-33(12-13-34(25)29(36)19-8-9-19)28-20(15-30)14-23(27(32-28)18-6-7-18)21-4-3-5-24-22(21)10-11-26(35)31-24/h3-5,10-11,14,17-19,25H,6-9,12-13,16H2,1-2H3,(H,31,35)/t25-/m0/s1. The third kappa shape index (κ3) is 4.05. The molecule has 3 heterocycles. The van der Waals surface area contributed by atoms with Crippen molar-refractivity contribution in [3.8, 4) is 23.1 Å². The van der Waals surface area contributed by atoms with Gasteiger partial charge in [-0.2, -0.15) is 5.26 Å². The molecule has 1 aliphatic heterocycles. The van der Waals surface area contributed by atoms with Gasteiger partial charge in [0.05, 0.1) is 22.8 Å². The van der Waals surface area contributed by atoms with Gasteiger partial charge in [-0.25, -0.2) is 9.97 Å². The number of amides is 1. The predicted octanol–water partition coefficient (Wildman–Crippen LogP) is 4.83. The van der Waals surface area contributed by atoms with Gasteiger partial charge in [-0.3, -0.25) is 4.79 Å². The molecule has 184 valence electrons. The van der Waals surface area contributed by atoms with Crippen molar-refractivity contribution in [1.82, 2.24) is 14.9 Å². The highest BCUT2D eigenvalue weighted by molar-refractivity contribution is 5.96. The van der Waals surface area contributed by atoms with Crippen LogP contribution in [0.25, 0.3) is 22.0 Å². The van der Waals surface area contributed by atoms with Crippen molar-refractivity contribution in [3.63, 3.8) is 0 Å². The van der Waals surface area contributed by atoms with Crippen molar-refractivity contribution in [2.24, 2.45) is 11.8 Å². The molecular weight excluding hydrogens is 450 g/mol. The Kier molecular flexibility index (Phi) is 5.55. The minimum absolute atomic E-state index is 0.00716. The Hall–Kier alpha value is -3.66. The Labute approximate surface area is 211 Å². The SMILES string of the molecule is CC(C)[C@@H]1CN(c2nc(C3CC3)c(-c3cccc4nc(O)ccc34)cc2C#N)CCN1C(=O)C1CC1. The molecule has 6 rings (SSSR count). The first-order valence-electron chi connectivity index (χ1n) is 13.0. The van der Waals surface area contributed by atoms with Crippen LogP contribution >= 0.6 is 0 Å². The highest BCUT2D eigenvalue weighted by atomic mass is 16.3. The second kappa shape index (κ2) is 8.77. The van der Waals surface area contributed by atoms with Crippen molar-refractivity contribution in [2.45, 2.75) is 51.5 Å². The maximum Gasteiger partial charge on any atom is 0.226 e. The van der Waals surface area contributed by atoms with E-state index in [1.165, 1.54) is 0 Å². The zero-order chi connectivity index (χ0) is 25.0. The van der Waals surface area contributed by atoms with Crippen molar-refractivity contribution in [3.05, 3.63) is 47.7 Å². The Morgan fingerprint density at radius 1 is 1.08 bits per heavy atom. The topological polar surface area (TPSA) is 93.3 Å². The van der Waals surface area contributed by atoms with Gasteiger partial charge in [0.2, 0.25) is 11.8 Å². The molecular formula is C29H31N5O2. The highest BCUT2D eigenvalue weighted by Gasteiger charge is 2.40. The van der Waals surface area contributed by atoms with Crippen LogP contribution in [-0.4, -0.2) is 51.6 Å². The van der Waals surface area contributed by atoms with E-state index in [1.54, 1.807) is 6.07 Å². The maximum atomic E-state index is 12.9. The third-order valence-electron chi connectivity index (χ3n) is 7.82. The Morgan fingerprint density at radius 2 is 1.89 bits per heavy atom. The van der Waals surface area contributed by atoms with Crippen LogP contribution in [-0.2, 0) is 4.79 Å². The fraction of sp³-hybridized carbons (Fsp3) is 0.448. The second-order valence-corrected chi connectivity index (χ2v) is 10.8. The zero-order valence-corrected chi connectivity index (χ0v) is 20.8. The van der Waals surface area contributed by atoms with Gasteiger partial charge in [0.25, 0.3) is 0 Å². The van der Waals surface area contributed by atoms with Crippen molar-refractivity contribution >= 4 is 22.6 Å². The summed E-state index contributed by atoms with van der Waals surface area (Å²) in [7, 11) is 0. The number of fused-ring (bicyclic) bond motifs is 1. The van der Waals surface area contributed by atoms with E-state index in [2.05, 4.69) is 34.7 Å². The molecule has 3 fully saturated rings. The molecule has 36 heavy (non-hydrogen) atoms. The molecule has 3 aliphatic rings. The lowest BCUT2D eigenvalue weighted by Crippen LogP contribution is -2.58. The smallest absolute Gasteiger partial charge is 0.226 e. The predicted molar refractivity (Wildman–Crippen MR) is 139 cm³/mol. The summed E-state index contributed by atoms with van der Waals surface area (Å²) in [5.41, 5.74) is 4.26. The first kappa shape index (κ1) is 22.8. The number of aromatic hydroxyl groups is 1. The molecule has 1 aromatic carbocycles. The fourth-order valence-corrected chi connectivity index (χ4v) is 5.51. The van der Waals surface area contributed by atoms with E-state index in [9.17, 15) is 15.2 Å². The van der Waals surface area contributed by atoms with Gasteiger partial charge < -0.3 is 14.9 Å². The summed E-state index contributed by atoms with van der Waals surface area (Å²) in [6.07, 6.45) is 4.21. The van der Waals surface area contributed by atoms with Crippen LogP contribution in [0.15, 0.2) is 36.4 Å². The summed E-state index contributed by atoms with van der Waals surface area (Å²) in [4.78, 5) is 26.7. The van der Waals surface area contributed by atoms with Crippen LogP contribution in [0.1, 0.15) is 56.7 Å². The lowest BCUT2D eigenvalue weighted by atomic mass is 9.95. The molecule has 1 amide bonds. The number of carbonyl (C=O) groups excluding carboxylic acids is 1. The van der Waals surface area contributed by atoms with Crippen LogP contribution < -0.4 is 4.90 Å². The number of piperazine rings is 1. The van der Waals surface area contributed by atoms with Gasteiger partial charge in [-0.1, -0.05) is 26.0 Å². The Morgan fingerprint density at radius 3 is 2.58 bits per heavy atom. The van der Waals surface area contributed by atoms with E-state index < -0.39 is 0 Å². The van der Waals surface area contributed by atoms with Crippen LogP contribution in [0, 0.1) is 23.2 Å². The molecule has 0 spiro atoms. The molecule has 1 atom stereocenters. The molecule has 2 aliphatic carbocycles. The van der Waals surface area contributed by atoms with Gasteiger partial charge in [0.15, 0.2) is 0 Å². The number of pyridine rings is 2. The minimum atomic E-state index is -0.00716. The number of aromatic nitrogens is 2. The van der Waals surface area contributed by atoms with Crippen LogP contribution in [0.2, 0.25) is 0 Å². The number of hydrogen-bond acceptors (Lipinski definition) is 6. The highest BCUT2D eigenvalue weighted by Crippen LogP contribution is 2.46. The Balaban J connectivity index is 1.41. The van der Waals surface area contributed by atoms with E-state index in [0.29, 0.717) is 48.5 Å². The van der Waals surface area contributed by atoms with Gasteiger partial charge in [-0.15, -0.1) is 0 Å². The average molecular weight is 482 g/mol. The van der Waals surface area contributed by atoms with Crippen molar-refractivity contribution in [1.29, 1.82) is 5.26 Å². The summed E-state index contributed by atoms with van der Waals surface area (Å²) < 4.78 is 0. The minimum Gasteiger partial charge on any atom is -0.493 e. The van der Waals surface area contributed by atoms with E-state index in [0.717, 1.165) is 53.7 Å². The van der Waals surface area contributed by atoms with Crippen LogP contribution in [0.4, 0.5) is 5.82 Å². The lowest BCUT2D eigenvalue weighted by Gasteiger charge is -2.44. The monoisotopic (exact) mass is 481 g/mol. The summed E-state index contributed by atoms with van der Waals surface area (Å²) in [6.45, 7) is 6.39. The number of benzene rings is 1. The normalized spacial score (nSPS) is 20.1. The molecule has 7 nitrogen and oxygen atoms in total. The van der Waals surface area contributed by atoms with E-state index in [4.69, 9.17) is 4.98 Å². The van der Waals surface area contributed by atoms with Crippen molar-refractivity contribution in [2.75, 3.05) is 24.5 Å². The molecule has 7 heteroatoms. The number of carbonyl (C=O) groups is 1. The molecule has 1 N–H and O–H groups in total. The molecule has 2 aromatic heterocycles. The Bertz CT molecular complexity index is 1390. The largest absolute Gasteiger partial charge is 0.493 e. The summed E-state index contributed by atoms with van der Waals surface area (Å²) in [5.74, 6) is 1.94. The molecule has 3 aromatic rings. The lowest BCUT2D eigenvalue weighted by molar-refractivity contribution is -0.136. The van der Waals surface area contributed by atoms with E-state index >= 15 is 0 Å². The summed E-state index contributed by atoms with van der Waals surface area (Å²) >= 11 is 0.